The van der Waals surface area contributed by atoms with Crippen molar-refractivity contribution in [1.29, 1.82) is 0 Å². The topological polar surface area (TPSA) is 18.5 Å². The van der Waals surface area contributed by atoms with Gasteiger partial charge in [-0.3, -0.25) is 0 Å². The first-order chi connectivity index (χ1) is 13.6. The Morgan fingerprint density at radius 1 is 0.750 bits per heavy atom. The van der Waals surface area contributed by atoms with Crippen LogP contribution in [0.15, 0.2) is 72.8 Å². The monoisotopic (exact) mass is 380 g/mol. The van der Waals surface area contributed by atoms with Gasteiger partial charge in [0.25, 0.3) is 0 Å². The molecule has 0 spiro atoms. The summed E-state index contributed by atoms with van der Waals surface area (Å²) in [6, 6.07) is 14.3. The molecule has 3 aromatic carbocycles. The molecule has 3 rings (SSSR count). The lowest BCUT2D eigenvalue weighted by Gasteiger charge is -2.10. The third-order valence-electron chi connectivity index (χ3n) is 4.33. The summed E-state index contributed by atoms with van der Waals surface area (Å²) >= 11 is 0. The van der Waals surface area contributed by atoms with Crippen LogP contribution in [-0.4, -0.2) is 13.2 Å². The fourth-order valence-corrected chi connectivity index (χ4v) is 2.81. The summed E-state index contributed by atoms with van der Waals surface area (Å²) in [5, 5.41) is 0.811. The predicted octanol–water partition coefficient (Wildman–Crippen LogP) is 6.69. The van der Waals surface area contributed by atoms with Gasteiger partial charge in [0.2, 0.25) is 5.82 Å². The highest BCUT2D eigenvalue weighted by Gasteiger charge is 2.15. The Bertz CT molecular complexity index is 1010. The number of hydrogen-bond acceptors (Lipinski definition) is 2. The maximum atomic E-state index is 14.6. The summed E-state index contributed by atoms with van der Waals surface area (Å²) in [5.74, 6) is -1.20. The second-order valence-corrected chi connectivity index (χ2v) is 6.22. The van der Waals surface area contributed by atoms with Gasteiger partial charge in [0.1, 0.15) is 19.0 Å². The summed E-state index contributed by atoms with van der Waals surface area (Å²) in [4.78, 5) is 0. The fraction of sp³-hybridized carbons (Fsp3) is 0.167. The van der Waals surface area contributed by atoms with Crippen LogP contribution in [0.1, 0.15) is 13.8 Å². The number of hydrogen-bond donors (Lipinski definition) is 0. The zero-order valence-corrected chi connectivity index (χ0v) is 15.9. The van der Waals surface area contributed by atoms with Gasteiger partial charge in [-0.05, 0) is 54.6 Å². The average molecular weight is 380 g/mol. The lowest BCUT2D eigenvalue weighted by Crippen LogP contribution is -1.99. The summed E-state index contributed by atoms with van der Waals surface area (Å²) in [6.07, 6.45) is 7.37. The number of allylic oxidation sites excluding steroid dienone is 2. The van der Waals surface area contributed by atoms with Gasteiger partial charge in [-0.15, -0.1) is 0 Å². The number of rotatable bonds is 7. The molecule has 0 radical (unpaired) electrons. The predicted molar refractivity (Wildman–Crippen MR) is 110 cm³/mol. The summed E-state index contributed by atoms with van der Waals surface area (Å²) in [6.45, 7) is 4.47. The second-order valence-electron chi connectivity index (χ2n) is 6.22. The minimum Gasteiger partial charge on any atom is -0.490 e. The van der Waals surface area contributed by atoms with Gasteiger partial charge in [-0.2, -0.15) is 4.39 Å². The molecule has 0 atom stereocenters. The van der Waals surface area contributed by atoms with Gasteiger partial charge in [0.15, 0.2) is 11.6 Å². The van der Waals surface area contributed by atoms with Crippen LogP contribution in [-0.2, 0) is 0 Å². The molecule has 0 aromatic heterocycles. The first kappa shape index (κ1) is 19.6. The van der Waals surface area contributed by atoms with Crippen LogP contribution in [0.4, 0.5) is 8.78 Å². The van der Waals surface area contributed by atoms with Crippen molar-refractivity contribution in [3.8, 4) is 22.6 Å². The van der Waals surface area contributed by atoms with E-state index in [1.54, 1.807) is 24.3 Å². The van der Waals surface area contributed by atoms with E-state index in [1.165, 1.54) is 6.07 Å². The Labute approximate surface area is 163 Å². The largest absolute Gasteiger partial charge is 0.490 e. The van der Waals surface area contributed by atoms with Crippen molar-refractivity contribution >= 4 is 10.8 Å². The molecule has 2 nitrogen and oxygen atoms in total. The lowest BCUT2D eigenvalue weighted by atomic mass is 10.0. The smallest absolute Gasteiger partial charge is 0.201 e. The Morgan fingerprint density at radius 3 is 2.07 bits per heavy atom. The van der Waals surface area contributed by atoms with Crippen molar-refractivity contribution in [3.63, 3.8) is 0 Å². The standard InChI is InChI=1S/C24H22F2O2/c1-3-5-13-27-20-11-9-17(10-12-20)18-7-8-19-16-22(28-14-6-4-2)24(26)23(25)21(19)15-18/h3-12,15-16H,13-14H2,1-2H3. The van der Waals surface area contributed by atoms with Crippen LogP contribution in [0.25, 0.3) is 21.9 Å². The molecular weight excluding hydrogens is 358 g/mol. The zero-order valence-electron chi connectivity index (χ0n) is 15.9. The molecular formula is C24H22F2O2. The van der Waals surface area contributed by atoms with Crippen molar-refractivity contribution in [2.24, 2.45) is 0 Å². The van der Waals surface area contributed by atoms with Gasteiger partial charge in [-0.1, -0.05) is 48.6 Å². The molecule has 0 bridgehead atoms. The highest BCUT2D eigenvalue weighted by Crippen LogP contribution is 2.32. The van der Waals surface area contributed by atoms with E-state index in [-0.39, 0.29) is 17.7 Å². The molecule has 28 heavy (non-hydrogen) atoms. The van der Waals surface area contributed by atoms with E-state index in [2.05, 4.69) is 0 Å². The second kappa shape index (κ2) is 9.18. The van der Waals surface area contributed by atoms with E-state index >= 15 is 0 Å². The quantitative estimate of drug-likeness (QED) is 0.425. The van der Waals surface area contributed by atoms with Crippen molar-refractivity contribution in [3.05, 3.63) is 84.5 Å². The molecule has 0 N–H and O–H groups in total. The molecule has 144 valence electrons. The van der Waals surface area contributed by atoms with Crippen LogP contribution in [0.3, 0.4) is 0 Å². The van der Waals surface area contributed by atoms with Gasteiger partial charge < -0.3 is 9.47 Å². The molecule has 0 saturated heterocycles. The first-order valence-electron chi connectivity index (χ1n) is 9.14. The highest BCUT2D eigenvalue weighted by atomic mass is 19.2. The average Bonchev–Trinajstić information content (AvgIpc) is 2.72. The summed E-state index contributed by atoms with van der Waals surface area (Å²) < 4.78 is 39.8. The number of benzene rings is 3. The first-order valence-corrected chi connectivity index (χ1v) is 9.14. The van der Waals surface area contributed by atoms with Crippen molar-refractivity contribution in [1.82, 2.24) is 0 Å². The maximum absolute atomic E-state index is 14.6. The van der Waals surface area contributed by atoms with Crippen LogP contribution in [0, 0.1) is 11.6 Å². The third kappa shape index (κ3) is 4.39. The maximum Gasteiger partial charge on any atom is 0.201 e. The van der Waals surface area contributed by atoms with Gasteiger partial charge >= 0.3 is 0 Å². The molecule has 0 fully saturated rings. The Balaban J connectivity index is 1.89. The molecule has 0 unspecified atom stereocenters. The molecule has 0 aliphatic heterocycles. The van der Waals surface area contributed by atoms with Crippen LogP contribution in [0.2, 0.25) is 0 Å². The molecule has 4 heteroatoms. The molecule has 0 saturated carbocycles. The minimum absolute atomic E-state index is 0.0847. The Kier molecular flexibility index (Phi) is 6.43. The van der Waals surface area contributed by atoms with Crippen LogP contribution < -0.4 is 9.47 Å². The number of halogens is 2. The molecule has 0 amide bonds. The summed E-state index contributed by atoms with van der Waals surface area (Å²) in [5.41, 5.74) is 1.70. The fourth-order valence-electron chi connectivity index (χ4n) is 2.81. The minimum atomic E-state index is -0.970. The van der Waals surface area contributed by atoms with E-state index in [1.807, 2.05) is 56.3 Å². The third-order valence-corrected chi connectivity index (χ3v) is 4.33. The van der Waals surface area contributed by atoms with Gasteiger partial charge in [0.05, 0.1) is 0 Å². The lowest BCUT2D eigenvalue weighted by molar-refractivity contribution is 0.334. The zero-order chi connectivity index (χ0) is 19.9. The van der Waals surface area contributed by atoms with E-state index in [4.69, 9.17) is 9.47 Å². The highest BCUT2D eigenvalue weighted by molar-refractivity contribution is 5.89. The normalized spacial score (nSPS) is 11.6. The van der Waals surface area contributed by atoms with E-state index in [0.717, 1.165) is 16.9 Å². The molecule has 3 aromatic rings. The van der Waals surface area contributed by atoms with Crippen LogP contribution in [0.5, 0.6) is 11.5 Å². The SMILES string of the molecule is CC=CCOc1ccc(-c2ccc3cc(OCC=CC)c(F)c(F)c3c2)cc1. The van der Waals surface area contributed by atoms with E-state index < -0.39 is 11.6 Å². The Morgan fingerprint density at radius 2 is 1.39 bits per heavy atom. The number of ether oxygens (including phenoxy) is 2. The number of fused-ring (bicyclic) bond motifs is 1. The van der Waals surface area contributed by atoms with Gasteiger partial charge in [-0.25, -0.2) is 4.39 Å². The Hall–Kier alpha value is -3.14. The molecule has 0 aliphatic rings. The van der Waals surface area contributed by atoms with Crippen LogP contribution >= 0.6 is 0 Å². The van der Waals surface area contributed by atoms with Crippen molar-refractivity contribution in [2.75, 3.05) is 13.2 Å². The molecule has 0 heterocycles. The summed E-state index contributed by atoms with van der Waals surface area (Å²) in [7, 11) is 0. The molecule has 0 aliphatic carbocycles. The van der Waals surface area contributed by atoms with Gasteiger partial charge in [0, 0.05) is 5.39 Å². The van der Waals surface area contributed by atoms with Crippen molar-refractivity contribution in [2.45, 2.75) is 13.8 Å². The van der Waals surface area contributed by atoms with E-state index in [0.29, 0.717) is 12.0 Å². The van der Waals surface area contributed by atoms with E-state index in [9.17, 15) is 8.78 Å². The van der Waals surface area contributed by atoms with Crippen molar-refractivity contribution < 1.29 is 18.3 Å².